The van der Waals surface area contributed by atoms with Gasteiger partial charge < -0.3 is 4.90 Å². The summed E-state index contributed by atoms with van der Waals surface area (Å²) in [6, 6.07) is 4.89. The molecule has 7 nitrogen and oxygen atoms in total. The summed E-state index contributed by atoms with van der Waals surface area (Å²) in [7, 11) is 0. The highest BCUT2D eigenvalue weighted by Gasteiger charge is 2.32. The molecule has 0 bridgehead atoms. The van der Waals surface area contributed by atoms with Crippen molar-refractivity contribution in [1.29, 1.82) is 0 Å². The lowest BCUT2D eigenvalue weighted by atomic mass is 10.0. The van der Waals surface area contributed by atoms with Crippen molar-refractivity contribution >= 4 is 23.3 Å². The number of thiazole rings is 1. The zero-order valence-electron chi connectivity index (χ0n) is 23.8. The molecule has 5 heterocycles. The number of amides is 1. The number of aryl methyl sites for hydroxylation is 1. The van der Waals surface area contributed by atoms with E-state index in [0.29, 0.717) is 42.2 Å². The third-order valence-corrected chi connectivity index (χ3v) is 7.99. The van der Waals surface area contributed by atoms with Crippen molar-refractivity contribution in [2.75, 3.05) is 13.1 Å². The van der Waals surface area contributed by atoms with Crippen LogP contribution in [0.15, 0.2) is 52.4 Å². The lowest BCUT2D eigenvalue weighted by molar-refractivity contribution is -0.141. The topological polar surface area (TPSA) is 81.0 Å². The number of carbonyl (C=O) groups excluding carboxylic acids is 1. The number of carbonyl (C=O) groups is 1. The molecule has 5 rings (SSSR count). The third-order valence-electron chi connectivity index (χ3n) is 7.11. The van der Waals surface area contributed by atoms with Crippen molar-refractivity contribution in [2.45, 2.75) is 52.6 Å². The third kappa shape index (κ3) is 6.29. The van der Waals surface area contributed by atoms with Crippen LogP contribution in [0.4, 0.5) is 17.6 Å². The molecule has 224 valence electrons. The molecule has 0 atom stereocenters. The maximum atomic E-state index is 14.6. The first-order valence-electron chi connectivity index (χ1n) is 13.9. The molecule has 1 aliphatic rings. The number of halogens is 4. The Balaban J connectivity index is 1.74. The molecule has 0 spiro atoms. The van der Waals surface area contributed by atoms with Crippen LogP contribution in [0.2, 0.25) is 0 Å². The highest BCUT2D eigenvalue weighted by Crippen LogP contribution is 2.32. The average Bonchev–Trinajstić information content (AvgIpc) is 3.47. The van der Waals surface area contributed by atoms with E-state index < -0.39 is 23.2 Å². The van der Waals surface area contributed by atoms with Crippen LogP contribution in [0.3, 0.4) is 0 Å². The van der Waals surface area contributed by atoms with Gasteiger partial charge in [-0.05, 0) is 63.8 Å². The molecule has 1 saturated heterocycles. The van der Waals surface area contributed by atoms with Crippen LogP contribution >= 0.6 is 11.3 Å². The Hall–Kier alpha value is -4.19. The Labute approximate surface area is 249 Å². The van der Waals surface area contributed by atoms with E-state index in [1.54, 1.807) is 16.4 Å². The van der Waals surface area contributed by atoms with Gasteiger partial charge in [0.25, 0.3) is 11.5 Å². The van der Waals surface area contributed by atoms with Gasteiger partial charge in [-0.15, -0.1) is 11.3 Å². The second-order valence-electron chi connectivity index (χ2n) is 10.5. The van der Waals surface area contributed by atoms with Crippen molar-refractivity contribution in [2.24, 2.45) is 0 Å². The van der Waals surface area contributed by atoms with Gasteiger partial charge in [-0.25, -0.2) is 9.37 Å². The number of likely N-dealkylation sites (tertiary alicyclic amines) is 1. The summed E-state index contributed by atoms with van der Waals surface area (Å²) < 4.78 is 55.0. The van der Waals surface area contributed by atoms with Crippen LogP contribution < -0.4 is 5.56 Å². The molecule has 4 aromatic heterocycles. The molecule has 0 radical (unpaired) electrons. The standard InChI is InChI=1S/C31H29F4N5O2S/c1-4-23-26(13-20(32)16-36-23)40-25(12-18(2)3)21(29(41)39-10-6-5-7-11-39)14-22(30(40)42)28-38-24(17-43-28)19-8-9-27(37-15-19)31(33,34)35/h8-9,12-17H,4-7,10-11H2,1-3H3. The molecule has 12 heteroatoms. The fourth-order valence-electron chi connectivity index (χ4n) is 5.04. The first-order chi connectivity index (χ1) is 20.5. The molecule has 43 heavy (non-hydrogen) atoms. The van der Waals surface area contributed by atoms with Crippen LogP contribution in [0, 0.1) is 5.82 Å². The monoisotopic (exact) mass is 611 g/mol. The zero-order chi connectivity index (χ0) is 30.9. The van der Waals surface area contributed by atoms with Crippen molar-refractivity contribution in [1.82, 2.24) is 24.4 Å². The number of rotatable bonds is 6. The maximum Gasteiger partial charge on any atom is 0.433 e. The Kier molecular flexibility index (Phi) is 8.59. The quantitative estimate of drug-likeness (QED) is 0.216. The van der Waals surface area contributed by atoms with E-state index in [0.717, 1.165) is 54.6 Å². The summed E-state index contributed by atoms with van der Waals surface area (Å²) in [4.78, 5) is 42.3. The molecule has 4 aromatic rings. The Morgan fingerprint density at radius 2 is 1.81 bits per heavy atom. The van der Waals surface area contributed by atoms with Gasteiger partial charge in [0.15, 0.2) is 0 Å². The van der Waals surface area contributed by atoms with Gasteiger partial charge >= 0.3 is 6.18 Å². The van der Waals surface area contributed by atoms with E-state index in [2.05, 4.69) is 15.0 Å². The highest BCUT2D eigenvalue weighted by atomic mass is 32.1. The SMILES string of the molecule is CCc1ncc(F)cc1-n1c(C=C(C)C)c(C(=O)N2CCCCC2)cc(-c2nc(-c3ccc(C(F)(F)F)nc3)cs2)c1=O. The molecule has 1 aliphatic heterocycles. The lowest BCUT2D eigenvalue weighted by Gasteiger charge is -2.28. The number of piperidine rings is 1. The minimum Gasteiger partial charge on any atom is -0.339 e. The second-order valence-corrected chi connectivity index (χ2v) is 11.4. The molecule has 0 unspecified atom stereocenters. The van der Waals surface area contributed by atoms with Gasteiger partial charge in [0.2, 0.25) is 0 Å². The van der Waals surface area contributed by atoms with E-state index in [-0.39, 0.29) is 27.7 Å². The summed E-state index contributed by atoms with van der Waals surface area (Å²) in [5.74, 6) is -0.892. The number of pyridine rings is 3. The first kappa shape index (κ1) is 30.3. The van der Waals surface area contributed by atoms with Crippen LogP contribution in [-0.4, -0.2) is 43.4 Å². The molecule has 0 saturated carbocycles. The van der Waals surface area contributed by atoms with Crippen molar-refractivity contribution in [3.05, 3.63) is 86.4 Å². The summed E-state index contributed by atoms with van der Waals surface area (Å²) in [6.07, 6.45) is 2.46. The summed E-state index contributed by atoms with van der Waals surface area (Å²) in [5.41, 5.74) is 1.30. The van der Waals surface area contributed by atoms with Gasteiger partial charge in [-0.2, -0.15) is 13.2 Å². The average molecular weight is 612 g/mol. The highest BCUT2D eigenvalue weighted by molar-refractivity contribution is 7.13. The number of hydrogen-bond acceptors (Lipinski definition) is 6. The van der Waals surface area contributed by atoms with E-state index in [1.165, 1.54) is 22.8 Å². The normalized spacial score (nSPS) is 13.7. The van der Waals surface area contributed by atoms with Gasteiger partial charge in [-0.3, -0.25) is 24.1 Å². The van der Waals surface area contributed by atoms with Crippen molar-refractivity contribution in [3.63, 3.8) is 0 Å². The summed E-state index contributed by atoms with van der Waals surface area (Å²) in [6.45, 7) is 6.67. The van der Waals surface area contributed by atoms with Gasteiger partial charge in [0.1, 0.15) is 16.5 Å². The van der Waals surface area contributed by atoms with Crippen LogP contribution in [0.5, 0.6) is 0 Å². The van der Waals surface area contributed by atoms with Crippen LogP contribution in [0.1, 0.15) is 67.5 Å². The summed E-state index contributed by atoms with van der Waals surface area (Å²) >= 11 is 1.11. The molecule has 0 aliphatic carbocycles. The molecule has 1 fully saturated rings. The van der Waals surface area contributed by atoms with Gasteiger partial charge in [0.05, 0.1) is 40.1 Å². The first-order valence-corrected chi connectivity index (χ1v) is 14.7. The predicted molar refractivity (Wildman–Crippen MR) is 158 cm³/mol. The maximum absolute atomic E-state index is 14.6. The van der Waals surface area contributed by atoms with Crippen LogP contribution in [-0.2, 0) is 12.6 Å². The number of hydrogen-bond donors (Lipinski definition) is 0. The molecule has 1 amide bonds. The Bertz CT molecular complexity index is 1750. The van der Waals surface area contributed by atoms with Gasteiger partial charge in [-0.1, -0.05) is 12.5 Å². The minimum atomic E-state index is -4.58. The molecular formula is C31H29F4N5O2S. The van der Waals surface area contributed by atoms with E-state index in [1.807, 2.05) is 20.8 Å². The van der Waals surface area contributed by atoms with E-state index in [4.69, 9.17) is 0 Å². The van der Waals surface area contributed by atoms with E-state index in [9.17, 15) is 27.2 Å². The number of nitrogens with zero attached hydrogens (tertiary/aromatic N) is 5. The molecule has 0 aromatic carbocycles. The Morgan fingerprint density at radius 1 is 1.07 bits per heavy atom. The lowest BCUT2D eigenvalue weighted by Crippen LogP contribution is -2.37. The smallest absolute Gasteiger partial charge is 0.339 e. The zero-order valence-corrected chi connectivity index (χ0v) is 24.7. The fourth-order valence-corrected chi connectivity index (χ4v) is 5.88. The van der Waals surface area contributed by atoms with Gasteiger partial charge in [0, 0.05) is 36.3 Å². The van der Waals surface area contributed by atoms with E-state index >= 15 is 0 Å². The largest absolute Gasteiger partial charge is 0.433 e. The molecule has 0 N–H and O–H groups in total. The van der Waals surface area contributed by atoms with Crippen LogP contribution in [0.25, 0.3) is 33.6 Å². The number of allylic oxidation sites excluding steroid dienone is 1. The second kappa shape index (κ2) is 12.2. The van der Waals surface area contributed by atoms with Crippen molar-refractivity contribution in [3.8, 4) is 27.5 Å². The number of aromatic nitrogens is 4. The Morgan fingerprint density at radius 3 is 2.44 bits per heavy atom. The number of alkyl halides is 3. The van der Waals surface area contributed by atoms with Crippen molar-refractivity contribution < 1.29 is 22.4 Å². The minimum absolute atomic E-state index is 0.105. The molecular weight excluding hydrogens is 582 g/mol. The fraction of sp³-hybridized carbons (Fsp3) is 0.323. The summed E-state index contributed by atoms with van der Waals surface area (Å²) in [5, 5.41) is 1.87. The predicted octanol–water partition coefficient (Wildman–Crippen LogP) is 7.19.